The fourth-order valence-electron chi connectivity index (χ4n) is 2.84. The average Bonchev–Trinajstić information content (AvgIpc) is 2.45. The van der Waals surface area contributed by atoms with E-state index in [9.17, 15) is 13.2 Å². The second-order valence-electron chi connectivity index (χ2n) is 5.67. The van der Waals surface area contributed by atoms with Crippen molar-refractivity contribution in [3.05, 3.63) is 12.2 Å². The summed E-state index contributed by atoms with van der Waals surface area (Å²) >= 11 is 0. The van der Waals surface area contributed by atoms with Gasteiger partial charge in [0, 0.05) is 6.54 Å². The third-order valence-corrected chi connectivity index (χ3v) is 5.28. The Morgan fingerprint density at radius 3 is 2.75 bits per heavy atom. The first kappa shape index (κ1) is 15.5. The van der Waals surface area contributed by atoms with Crippen LogP contribution in [0.3, 0.4) is 0 Å². The van der Waals surface area contributed by atoms with Gasteiger partial charge in [0.15, 0.2) is 0 Å². The fraction of sp³-hybridized carbons (Fsp3) is 0.786. The minimum atomic E-state index is -3.34. The maximum absolute atomic E-state index is 12.2. The van der Waals surface area contributed by atoms with Gasteiger partial charge in [-0.2, -0.15) is 4.31 Å². The SMILES string of the molecule is CS(=O)(=O)N1CCCCC1C(=O)OCC1CC=CCC1. The highest BCUT2D eigenvalue weighted by molar-refractivity contribution is 7.88. The number of nitrogens with zero attached hydrogens (tertiary/aromatic N) is 1. The van der Waals surface area contributed by atoms with Gasteiger partial charge in [0.25, 0.3) is 0 Å². The molecule has 0 aromatic carbocycles. The van der Waals surface area contributed by atoms with Crippen LogP contribution in [-0.2, 0) is 19.6 Å². The Balaban J connectivity index is 1.91. The summed E-state index contributed by atoms with van der Waals surface area (Å²) in [6.45, 7) is 0.821. The molecular weight excluding hydrogens is 278 g/mol. The predicted octanol–water partition coefficient (Wildman–Crippen LogP) is 1.70. The molecule has 1 aliphatic carbocycles. The van der Waals surface area contributed by atoms with Gasteiger partial charge in [0.05, 0.1) is 12.9 Å². The molecular formula is C14H23NO4S. The zero-order valence-electron chi connectivity index (χ0n) is 12.0. The first-order valence-corrected chi connectivity index (χ1v) is 9.12. The van der Waals surface area contributed by atoms with E-state index in [-0.39, 0.29) is 5.97 Å². The van der Waals surface area contributed by atoms with E-state index >= 15 is 0 Å². The largest absolute Gasteiger partial charge is 0.464 e. The van der Waals surface area contributed by atoms with Gasteiger partial charge in [-0.3, -0.25) is 4.79 Å². The van der Waals surface area contributed by atoms with Crippen LogP contribution in [0.5, 0.6) is 0 Å². The molecule has 0 aromatic heterocycles. The lowest BCUT2D eigenvalue weighted by Crippen LogP contribution is -2.48. The van der Waals surface area contributed by atoms with Crippen molar-refractivity contribution in [3.8, 4) is 0 Å². The summed E-state index contributed by atoms with van der Waals surface area (Å²) in [7, 11) is -3.34. The molecule has 1 fully saturated rings. The molecule has 1 saturated heterocycles. The van der Waals surface area contributed by atoms with Gasteiger partial charge in [-0.25, -0.2) is 8.42 Å². The second-order valence-corrected chi connectivity index (χ2v) is 7.60. The zero-order valence-corrected chi connectivity index (χ0v) is 12.8. The van der Waals surface area contributed by atoms with Crippen molar-refractivity contribution in [3.63, 3.8) is 0 Å². The van der Waals surface area contributed by atoms with Gasteiger partial charge in [0.2, 0.25) is 10.0 Å². The van der Waals surface area contributed by atoms with E-state index in [0.29, 0.717) is 25.5 Å². The summed E-state index contributed by atoms with van der Waals surface area (Å²) in [6.07, 6.45) is 10.7. The molecule has 5 nitrogen and oxygen atoms in total. The highest BCUT2D eigenvalue weighted by Crippen LogP contribution is 2.23. The zero-order chi connectivity index (χ0) is 14.6. The van der Waals surface area contributed by atoms with Crippen LogP contribution in [0.15, 0.2) is 12.2 Å². The molecule has 0 bridgehead atoms. The van der Waals surface area contributed by atoms with E-state index < -0.39 is 16.1 Å². The highest BCUT2D eigenvalue weighted by Gasteiger charge is 2.35. The number of esters is 1. The number of carbonyl (C=O) groups excluding carboxylic acids is 1. The molecule has 2 aliphatic rings. The smallest absolute Gasteiger partial charge is 0.324 e. The fourth-order valence-corrected chi connectivity index (χ4v) is 3.96. The van der Waals surface area contributed by atoms with Crippen LogP contribution in [0.4, 0.5) is 0 Å². The van der Waals surface area contributed by atoms with E-state index in [1.807, 2.05) is 0 Å². The van der Waals surface area contributed by atoms with Crippen molar-refractivity contribution in [1.29, 1.82) is 0 Å². The van der Waals surface area contributed by atoms with Crippen molar-refractivity contribution in [1.82, 2.24) is 4.31 Å². The number of hydrogen-bond donors (Lipinski definition) is 0. The number of sulfonamides is 1. The Morgan fingerprint density at radius 2 is 2.10 bits per heavy atom. The van der Waals surface area contributed by atoms with Gasteiger partial charge >= 0.3 is 5.97 Å². The number of hydrogen-bond acceptors (Lipinski definition) is 4. The molecule has 2 atom stereocenters. The van der Waals surface area contributed by atoms with Gasteiger partial charge < -0.3 is 4.74 Å². The maximum atomic E-state index is 12.2. The molecule has 2 unspecified atom stereocenters. The van der Waals surface area contributed by atoms with Gasteiger partial charge in [-0.1, -0.05) is 12.2 Å². The van der Waals surface area contributed by atoms with Gasteiger partial charge in [0.1, 0.15) is 6.04 Å². The van der Waals surface area contributed by atoms with Crippen molar-refractivity contribution in [2.45, 2.75) is 44.6 Å². The van der Waals surface area contributed by atoms with Crippen LogP contribution in [0.1, 0.15) is 38.5 Å². The molecule has 0 aromatic rings. The monoisotopic (exact) mass is 301 g/mol. The molecule has 2 rings (SSSR count). The summed E-state index contributed by atoms with van der Waals surface area (Å²) in [6, 6.07) is -0.627. The number of allylic oxidation sites excluding steroid dienone is 2. The van der Waals surface area contributed by atoms with E-state index in [0.717, 1.165) is 38.4 Å². The minimum absolute atomic E-state index is 0.374. The Hall–Kier alpha value is -0.880. The summed E-state index contributed by atoms with van der Waals surface area (Å²) in [5.74, 6) is -0.0103. The third kappa shape index (κ3) is 4.06. The lowest BCUT2D eigenvalue weighted by molar-refractivity contribution is -0.150. The molecule has 0 spiro atoms. The van der Waals surface area contributed by atoms with E-state index in [1.165, 1.54) is 4.31 Å². The average molecular weight is 301 g/mol. The lowest BCUT2D eigenvalue weighted by atomic mass is 9.95. The minimum Gasteiger partial charge on any atom is -0.464 e. The Morgan fingerprint density at radius 1 is 1.30 bits per heavy atom. The van der Waals surface area contributed by atoms with E-state index in [4.69, 9.17) is 4.74 Å². The van der Waals surface area contributed by atoms with Crippen LogP contribution in [-0.4, -0.2) is 44.1 Å². The Labute approximate surface area is 121 Å². The Bertz CT molecular complexity index is 472. The molecule has 6 heteroatoms. The van der Waals surface area contributed by atoms with Crippen LogP contribution >= 0.6 is 0 Å². The maximum Gasteiger partial charge on any atom is 0.324 e. The van der Waals surface area contributed by atoms with Crippen molar-refractivity contribution in [2.24, 2.45) is 5.92 Å². The summed E-state index contributed by atoms with van der Waals surface area (Å²) in [5.41, 5.74) is 0. The van der Waals surface area contributed by atoms with Crippen molar-refractivity contribution in [2.75, 3.05) is 19.4 Å². The first-order valence-electron chi connectivity index (χ1n) is 7.27. The molecule has 1 heterocycles. The molecule has 0 N–H and O–H groups in total. The predicted molar refractivity (Wildman–Crippen MR) is 76.6 cm³/mol. The Kier molecular flexibility index (Phi) is 5.21. The summed E-state index contributed by atoms with van der Waals surface area (Å²) < 4.78 is 30.1. The topological polar surface area (TPSA) is 63.7 Å². The molecule has 114 valence electrons. The third-order valence-electron chi connectivity index (χ3n) is 3.99. The number of carbonyl (C=O) groups is 1. The normalized spacial score (nSPS) is 28.2. The van der Waals surface area contributed by atoms with Crippen LogP contribution < -0.4 is 0 Å². The van der Waals surface area contributed by atoms with Crippen molar-refractivity contribution >= 4 is 16.0 Å². The number of ether oxygens (including phenoxy) is 1. The van der Waals surface area contributed by atoms with Gasteiger partial charge in [-0.05, 0) is 44.4 Å². The van der Waals surface area contributed by atoms with Crippen LogP contribution in [0.25, 0.3) is 0 Å². The molecule has 20 heavy (non-hydrogen) atoms. The molecule has 1 aliphatic heterocycles. The molecule has 0 amide bonds. The quantitative estimate of drug-likeness (QED) is 0.585. The highest BCUT2D eigenvalue weighted by atomic mass is 32.2. The number of piperidine rings is 1. The summed E-state index contributed by atoms with van der Waals surface area (Å²) in [5, 5.41) is 0. The van der Waals surface area contributed by atoms with Crippen molar-refractivity contribution < 1.29 is 17.9 Å². The first-order chi connectivity index (χ1) is 9.48. The van der Waals surface area contributed by atoms with Crippen LogP contribution in [0, 0.1) is 5.92 Å². The van der Waals surface area contributed by atoms with Crippen LogP contribution in [0.2, 0.25) is 0 Å². The van der Waals surface area contributed by atoms with E-state index in [2.05, 4.69) is 12.2 Å². The standard InChI is InChI=1S/C14H23NO4S/c1-20(17,18)15-10-6-5-9-13(15)14(16)19-11-12-7-3-2-4-8-12/h2-3,12-13H,4-11H2,1H3. The molecule has 0 saturated carbocycles. The van der Waals surface area contributed by atoms with E-state index in [1.54, 1.807) is 0 Å². The second kappa shape index (κ2) is 6.72. The summed E-state index contributed by atoms with van der Waals surface area (Å²) in [4.78, 5) is 12.2. The molecule has 0 radical (unpaired) electrons. The lowest BCUT2D eigenvalue weighted by Gasteiger charge is -2.32. The van der Waals surface area contributed by atoms with Gasteiger partial charge in [-0.15, -0.1) is 0 Å². The number of rotatable bonds is 4.